The molecule has 2 aliphatic rings. The Kier molecular flexibility index (Phi) is 5.41. The number of benzene rings is 2. The summed E-state index contributed by atoms with van der Waals surface area (Å²) in [6, 6.07) is 18.2. The molecule has 1 N–H and O–H groups in total. The van der Waals surface area contributed by atoms with Gasteiger partial charge in [-0.05, 0) is 30.0 Å². The molecule has 0 radical (unpaired) electrons. The summed E-state index contributed by atoms with van der Waals surface area (Å²) in [7, 11) is 0. The van der Waals surface area contributed by atoms with Crippen molar-refractivity contribution in [2.24, 2.45) is 5.41 Å². The van der Waals surface area contributed by atoms with Crippen molar-refractivity contribution < 1.29 is 14.7 Å². The maximum atomic E-state index is 13.8. The lowest BCUT2D eigenvalue weighted by molar-refractivity contribution is -0.141. The van der Waals surface area contributed by atoms with Crippen LogP contribution in [0.4, 0.5) is 0 Å². The highest BCUT2D eigenvalue weighted by molar-refractivity contribution is 5.91. The number of fused-ring (bicyclic) bond motifs is 3. The van der Waals surface area contributed by atoms with Gasteiger partial charge in [0.25, 0.3) is 0 Å². The van der Waals surface area contributed by atoms with Gasteiger partial charge in [-0.2, -0.15) is 0 Å². The molecule has 1 aromatic heterocycles. The average molecular weight is 441 g/mol. The van der Waals surface area contributed by atoms with Gasteiger partial charge in [0.05, 0.1) is 5.41 Å². The van der Waals surface area contributed by atoms with E-state index in [4.69, 9.17) is 0 Å². The predicted molar refractivity (Wildman–Crippen MR) is 130 cm³/mol. The molecule has 168 valence electrons. The van der Waals surface area contributed by atoms with Gasteiger partial charge in [-0.15, -0.1) is 0 Å². The number of hydrogen-bond acceptors (Lipinski definition) is 2. The van der Waals surface area contributed by atoms with Crippen molar-refractivity contribution in [1.29, 1.82) is 0 Å². The average Bonchev–Trinajstić information content (AvgIpc) is 3.16. The van der Waals surface area contributed by atoms with Gasteiger partial charge in [0.2, 0.25) is 5.91 Å². The van der Waals surface area contributed by atoms with Crippen molar-refractivity contribution in [3.63, 3.8) is 0 Å². The number of amides is 1. The summed E-state index contributed by atoms with van der Waals surface area (Å²) in [5, 5.41) is 10.5. The lowest BCUT2D eigenvalue weighted by Crippen LogP contribution is -2.45. The van der Waals surface area contributed by atoms with Crippen LogP contribution in [0.3, 0.4) is 0 Å². The maximum Gasteiger partial charge on any atom is 0.323 e. The number of allylic oxidation sites excluding steroid dienone is 3. The van der Waals surface area contributed by atoms with Crippen LogP contribution >= 0.6 is 0 Å². The second-order valence-electron chi connectivity index (χ2n) is 8.97. The van der Waals surface area contributed by atoms with Crippen molar-refractivity contribution >= 4 is 28.4 Å². The fourth-order valence-electron chi connectivity index (χ4n) is 5.30. The number of rotatable bonds is 5. The number of carboxylic acids is 1. The third kappa shape index (κ3) is 3.67. The molecule has 5 heteroatoms. The van der Waals surface area contributed by atoms with Gasteiger partial charge in [0, 0.05) is 41.7 Å². The van der Waals surface area contributed by atoms with Crippen LogP contribution in [-0.4, -0.2) is 33.0 Å². The first kappa shape index (κ1) is 21.3. The Morgan fingerprint density at radius 2 is 1.82 bits per heavy atom. The normalized spacial score (nSPS) is 19.9. The number of para-hydroxylation sites is 1. The zero-order valence-electron chi connectivity index (χ0n) is 18.8. The fraction of sp³-hybridized carbons (Fsp3) is 0.286. The summed E-state index contributed by atoms with van der Waals surface area (Å²) in [5.74, 6) is -0.694. The topological polar surface area (TPSA) is 62.5 Å². The monoisotopic (exact) mass is 440 g/mol. The van der Waals surface area contributed by atoms with Crippen molar-refractivity contribution in [1.82, 2.24) is 9.47 Å². The summed E-state index contributed by atoms with van der Waals surface area (Å²) in [4.78, 5) is 27.3. The first-order chi connectivity index (χ1) is 16.0. The highest BCUT2D eigenvalue weighted by Gasteiger charge is 2.39. The van der Waals surface area contributed by atoms with E-state index in [0.29, 0.717) is 25.9 Å². The van der Waals surface area contributed by atoms with E-state index in [9.17, 15) is 14.7 Å². The summed E-state index contributed by atoms with van der Waals surface area (Å²) < 4.78 is 1.90. The van der Waals surface area contributed by atoms with Crippen molar-refractivity contribution in [3.05, 3.63) is 89.6 Å². The highest BCUT2D eigenvalue weighted by atomic mass is 16.4. The molecule has 0 fully saturated rings. The van der Waals surface area contributed by atoms with E-state index in [-0.39, 0.29) is 12.5 Å². The Hall–Kier alpha value is -3.60. The molecular weight excluding hydrogens is 412 g/mol. The van der Waals surface area contributed by atoms with E-state index in [1.165, 1.54) is 5.56 Å². The number of carboxylic acid groups (broad SMARTS) is 1. The minimum Gasteiger partial charge on any atom is -0.480 e. The molecule has 0 saturated carbocycles. The number of nitrogens with zero attached hydrogens (tertiary/aromatic N) is 2. The molecule has 33 heavy (non-hydrogen) atoms. The Morgan fingerprint density at radius 1 is 1.06 bits per heavy atom. The second-order valence-corrected chi connectivity index (χ2v) is 8.97. The van der Waals surface area contributed by atoms with Crippen LogP contribution in [-0.2, 0) is 29.1 Å². The zero-order chi connectivity index (χ0) is 23.0. The largest absolute Gasteiger partial charge is 0.480 e. The predicted octanol–water partition coefficient (Wildman–Crippen LogP) is 5.05. The fourth-order valence-corrected chi connectivity index (χ4v) is 5.30. The van der Waals surface area contributed by atoms with Gasteiger partial charge < -0.3 is 14.6 Å². The summed E-state index contributed by atoms with van der Waals surface area (Å²) >= 11 is 0. The minimum atomic E-state index is -0.852. The van der Waals surface area contributed by atoms with Crippen LogP contribution in [0.5, 0.6) is 0 Å². The lowest BCUT2D eigenvalue weighted by Gasteiger charge is -2.38. The van der Waals surface area contributed by atoms with Crippen LogP contribution in [0.2, 0.25) is 0 Å². The van der Waals surface area contributed by atoms with Gasteiger partial charge in [-0.3, -0.25) is 9.59 Å². The summed E-state index contributed by atoms with van der Waals surface area (Å²) in [6.45, 7) is 3.15. The maximum absolute atomic E-state index is 13.8. The third-order valence-corrected chi connectivity index (χ3v) is 7.17. The molecule has 0 spiro atoms. The van der Waals surface area contributed by atoms with Crippen LogP contribution in [0, 0.1) is 5.41 Å². The molecule has 3 aromatic rings. The second kappa shape index (κ2) is 8.39. The zero-order valence-corrected chi connectivity index (χ0v) is 18.8. The molecule has 0 bridgehead atoms. The molecule has 0 saturated heterocycles. The van der Waals surface area contributed by atoms with E-state index in [1.54, 1.807) is 0 Å². The first-order valence-electron chi connectivity index (χ1n) is 11.6. The van der Waals surface area contributed by atoms with Gasteiger partial charge in [-0.25, -0.2) is 0 Å². The van der Waals surface area contributed by atoms with E-state index < -0.39 is 11.4 Å². The minimum absolute atomic E-state index is 0.0571. The number of aromatic nitrogens is 1. The van der Waals surface area contributed by atoms with Gasteiger partial charge in [0.15, 0.2) is 0 Å². The third-order valence-electron chi connectivity index (χ3n) is 7.17. The molecule has 2 heterocycles. The lowest BCUT2D eigenvalue weighted by atomic mass is 9.75. The molecule has 5 nitrogen and oxygen atoms in total. The van der Waals surface area contributed by atoms with Crippen molar-refractivity contribution in [2.45, 2.75) is 39.3 Å². The summed E-state index contributed by atoms with van der Waals surface area (Å²) in [6.07, 6.45) is 8.47. The Bertz CT molecular complexity index is 1290. The Morgan fingerprint density at radius 3 is 2.52 bits per heavy atom. The van der Waals surface area contributed by atoms with Crippen LogP contribution in [0.25, 0.3) is 16.5 Å². The molecule has 1 atom stereocenters. The standard InChI is InChI=1S/C28H28N2O3/c1-2-28(15-12-21(13-16-28)20-8-4-3-5-9-20)27(33)29-17-14-25-23(18-29)22-10-6-7-11-24(22)30(25)19-26(31)32/h3-13,15H,2,14,16-19H2,1H3,(H,31,32). The van der Waals surface area contributed by atoms with E-state index in [2.05, 4.69) is 37.3 Å². The van der Waals surface area contributed by atoms with Crippen molar-refractivity contribution in [3.8, 4) is 0 Å². The molecule has 1 aliphatic carbocycles. The van der Waals surface area contributed by atoms with Crippen molar-refractivity contribution in [2.75, 3.05) is 6.54 Å². The first-order valence-corrected chi connectivity index (χ1v) is 11.6. The van der Waals surface area contributed by atoms with Gasteiger partial charge >= 0.3 is 5.97 Å². The smallest absolute Gasteiger partial charge is 0.323 e. The Labute approximate surface area is 193 Å². The van der Waals surface area contributed by atoms with Crippen LogP contribution in [0.15, 0.2) is 72.8 Å². The van der Waals surface area contributed by atoms with E-state index in [0.717, 1.165) is 34.2 Å². The van der Waals surface area contributed by atoms with E-state index in [1.807, 2.05) is 51.9 Å². The quantitative estimate of drug-likeness (QED) is 0.604. The molecule has 1 aliphatic heterocycles. The highest BCUT2D eigenvalue weighted by Crippen LogP contribution is 2.40. The van der Waals surface area contributed by atoms with Gasteiger partial charge in [-0.1, -0.05) is 73.7 Å². The van der Waals surface area contributed by atoms with Crippen LogP contribution < -0.4 is 0 Å². The molecular formula is C28H28N2O3. The number of carbonyl (C=O) groups excluding carboxylic acids is 1. The van der Waals surface area contributed by atoms with E-state index >= 15 is 0 Å². The molecule has 1 amide bonds. The van der Waals surface area contributed by atoms with Gasteiger partial charge in [0.1, 0.15) is 6.54 Å². The molecule has 5 rings (SSSR count). The molecule has 2 aromatic carbocycles. The van der Waals surface area contributed by atoms with Crippen LogP contribution in [0.1, 0.15) is 36.6 Å². The SMILES string of the molecule is CCC1(C(=O)N2CCc3c(c4ccccc4n3CC(=O)O)C2)C=CC(c2ccccc2)=CC1. The number of hydrogen-bond donors (Lipinski definition) is 1. The number of carbonyl (C=O) groups is 2. The molecule has 1 unspecified atom stereocenters. The summed E-state index contributed by atoms with van der Waals surface area (Å²) in [5.41, 5.74) is 4.84. The number of aliphatic carboxylic acids is 1. The Balaban J connectivity index is 1.43.